The van der Waals surface area contributed by atoms with E-state index in [2.05, 4.69) is 55.6 Å². The molecule has 2 unspecified atom stereocenters. The summed E-state index contributed by atoms with van der Waals surface area (Å²) in [7, 11) is 0. The van der Waals surface area contributed by atoms with Gasteiger partial charge in [0.05, 0.1) is 0 Å². The standard InChI is InChI=1S/C51H94N2O5/c1-3-5-7-9-11-13-15-16-17-18-19-20-21-22-23-24-26-28-30-35-39-45-50(55)58-47(41-36-32-29-27-25-14-12-10-8-6-4-2)42-37-33-31-34-38-44-49(54)53-48(51(56)57)43-40-46-52/h15-16,18-19,21-22,47-48H,3-14,17,20,23-46,52H2,1-2H3,(H,53,54)(H,56,57)/b16-15-,19-18-,22-21-. The van der Waals surface area contributed by atoms with Crippen molar-refractivity contribution in [1.29, 1.82) is 0 Å². The Morgan fingerprint density at radius 3 is 1.34 bits per heavy atom. The van der Waals surface area contributed by atoms with Crippen molar-refractivity contribution in [2.75, 3.05) is 6.54 Å². The van der Waals surface area contributed by atoms with Gasteiger partial charge in [0.25, 0.3) is 0 Å². The third-order valence-electron chi connectivity index (χ3n) is 11.2. The van der Waals surface area contributed by atoms with Crippen LogP contribution >= 0.6 is 0 Å². The van der Waals surface area contributed by atoms with E-state index in [1.165, 1.54) is 128 Å². The number of carboxylic acids is 1. The van der Waals surface area contributed by atoms with Gasteiger partial charge in [-0.3, -0.25) is 9.59 Å². The number of carbonyl (C=O) groups excluding carboxylic acids is 2. The van der Waals surface area contributed by atoms with E-state index in [-0.39, 0.29) is 18.0 Å². The fraction of sp³-hybridized carbons (Fsp3) is 0.824. The monoisotopic (exact) mass is 815 g/mol. The number of carboxylic acid groups (broad SMARTS) is 1. The Hall–Kier alpha value is -2.41. The number of carbonyl (C=O) groups is 3. The van der Waals surface area contributed by atoms with Crippen molar-refractivity contribution in [3.05, 3.63) is 36.5 Å². The minimum Gasteiger partial charge on any atom is -0.480 e. The SMILES string of the molecule is CCCCCCC/C=C\C/C=C\C/C=C\CCCCCCCCC(=O)OC(CCCCCCCCCCCCC)CCCCCCCC(=O)NC(CCCN)C(=O)O. The number of aliphatic carboxylic acids is 1. The molecule has 7 nitrogen and oxygen atoms in total. The number of unbranched alkanes of at least 4 members (excludes halogenated alkanes) is 25. The fourth-order valence-corrected chi connectivity index (χ4v) is 7.46. The quantitative estimate of drug-likeness (QED) is 0.0320. The van der Waals surface area contributed by atoms with Gasteiger partial charge in [-0.15, -0.1) is 0 Å². The Morgan fingerprint density at radius 1 is 0.500 bits per heavy atom. The van der Waals surface area contributed by atoms with Crippen molar-refractivity contribution in [3.8, 4) is 0 Å². The molecule has 0 saturated heterocycles. The summed E-state index contributed by atoms with van der Waals surface area (Å²) in [4.78, 5) is 36.5. The van der Waals surface area contributed by atoms with Crippen LogP contribution in [0.2, 0.25) is 0 Å². The number of hydrogen-bond acceptors (Lipinski definition) is 5. The summed E-state index contributed by atoms with van der Waals surface area (Å²) < 4.78 is 6.07. The lowest BCUT2D eigenvalue weighted by Gasteiger charge is -2.18. The molecule has 2 atom stereocenters. The molecule has 0 aliphatic rings. The molecule has 0 bridgehead atoms. The Bertz CT molecular complexity index is 1010. The van der Waals surface area contributed by atoms with Crippen molar-refractivity contribution in [2.24, 2.45) is 5.73 Å². The third kappa shape index (κ3) is 41.7. The lowest BCUT2D eigenvalue weighted by molar-refractivity contribution is -0.150. The van der Waals surface area contributed by atoms with Crippen LogP contribution in [0.1, 0.15) is 251 Å². The van der Waals surface area contributed by atoms with Gasteiger partial charge in [0.2, 0.25) is 5.91 Å². The van der Waals surface area contributed by atoms with Crippen LogP contribution < -0.4 is 11.1 Å². The smallest absolute Gasteiger partial charge is 0.326 e. The third-order valence-corrected chi connectivity index (χ3v) is 11.2. The Kier molecular flexibility index (Phi) is 43.8. The van der Waals surface area contributed by atoms with E-state index in [0.717, 1.165) is 83.5 Å². The molecule has 0 spiro atoms. The molecule has 58 heavy (non-hydrogen) atoms. The van der Waals surface area contributed by atoms with Gasteiger partial charge in [-0.25, -0.2) is 4.79 Å². The molecule has 0 aromatic heterocycles. The lowest BCUT2D eigenvalue weighted by atomic mass is 10.0. The number of hydrogen-bond donors (Lipinski definition) is 3. The van der Waals surface area contributed by atoms with Gasteiger partial charge in [-0.05, 0) is 96.4 Å². The van der Waals surface area contributed by atoms with Crippen molar-refractivity contribution in [3.63, 3.8) is 0 Å². The van der Waals surface area contributed by atoms with Gasteiger partial charge in [0.1, 0.15) is 12.1 Å². The first-order chi connectivity index (χ1) is 28.4. The zero-order chi connectivity index (χ0) is 42.4. The van der Waals surface area contributed by atoms with Gasteiger partial charge in [-0.2, -0.15) is 0 Å². The van der Waals surface area contributed by atoms with E-state index in [0.29, 0.717) is 32.2 Å². The molecule has 4 N–H and O–H groups in total. The van der Waals surface area contributed by atoms with Gasteiger partial charge in [0, 0.05) is 12.8 Å². The van der Waals surface area contributed by atoms with Crippen LogP contribution in [-0.4, -0.2) is 41.6 Å². The molecule has 338 valence electrons. The zero-order valence-electron chi connectivity index (χ0n) is 38.1. The van der Waals surface area contributed by atoms with Crippen LogP contribution in [0.4, 0.5) is 0 Å². The summed E-state index contributed by atoms with van der Waals surface area (Å²) in [6, 6.07) is -0.857. The highest BCUT2D eigenvalue weighted by Gasteiger charge is 2.19. The van der Waals surface area contributed by atoms with Crippen LogP contribution in [0.3, 0.4) is 0 Å². The summed E-state index contributed by atoms with van der Waals surface area (Å²) in [6.45, 7) is 4.95. The number of amides is 1. The van der Waals surface area contributed by atoms with Crippen LogP contribution in [0.15, 0.2) is 36.5 Å². The first kappa shape index (κ1) is 55.6. The van der Waals surface area contributed by atoms with Gasteiger partial charge in [-0.1, -0.05) is 185 Å². The molecule has 7 heteroatoms. The number of ether oxygens (including phenoxy) is 1. The van der Waals surface area contributed by atoms with Crippen LogP contribution in [0.5, 0.6) is 0 Å². The maximum absolute atomic E-state index is 12.9. The first-order valence-corrected chi connectivity index (χ1v) is 24.8. The van der Waals surface area contributed by atoms with Crippen molar-refractivity contribution in [1.82, 2.24) is 5.32 Å². The summed E-state index contributed by atoms with van der Waals surface area (Å²) >= 11 is 0. The molecule has 0 heterocycles. The molecular formula is C51H94N2O5. The Morgan fingerprint density at radius 2 is 0.897 bits per heavy atom. The van der Waals surface area contributed by atoms with Gasteiger partial charge >= 0.3 is 11.9 Å². The number of allylic oxidation sites excluding steroid dienone is 6. The summed E-state index contributed by atoms with van der Waals surface area (Å²) in [5.74, 6) is -1.23. The maximum Gasteiger partial charge on any atom is 0.326 e. The van der Waals surface area contributed by atoms with Crippen LogP contribution in [-0.2, 0) is 19.1 Å². The molecule has 0 rings (SSSR count). The highest BCUT2D eigenvalue weighted by molar-refractivity contribution is 5.83. The molecule has 0 fully saturated rings. The van der Waals surface area contributed by atoms with Crippen molar-refractivity contribution < 1.29 is 24.2 Å². The zero-order valence-corrected chi connectivity index (χ0v) is 38.1. The molecule has 1 amide bonds. The molecule has 0 radical (unpaired) electrons. The number of nitrogens with one attached hydrogen (secondary N) is 1. The van der Waals surface area contributed by atoms with Crippen molar-refractivity contribution >= 4 is 17.8 Å². The predicted octanol–water partition coefficient (Wildman–Crippen LogP) is 14.6. The summed E-state index contributed by atoms with van der Waals surface area (Å²) in [5.41, 5.74) is 5.49. The highest BCUT2D eigenvalue weighted by atomic mass is 16.5. The van der Waals surface area contributed by atoms with E-state index in [4.69, 9.17) is 10.5 Å². The minimum atomic E-state index is -1.00. The van der Waals surface area contributed by atoms with E-state index < -0.39 is 12.0 Å². The summed E-state index contributed by atoms with van der Waals surface area (Å²) in [6.07, 6.45) is 54.8. The number of rotatable bonds is 45. The first-order valence-electron chi connectivity index (χ1n) is 24.8. The van der Waals surface area contributed by atoms with Crippen molar-refractivity contribution in [2.45, 2.75) is 264 Å². The average Bonchev–Trinajstić information content (AvgIpc) is 3.21. The summed E-state index contributed by atoms with van der Waals surface area (Å²) in [5, 5.41) is 12.0. The van der Waals surface area contributed by atoms with Crippen LogP contribution in [0, 0.1) is 0 Å². The molecule has 0 aromatic carbocycles. The van der Waals surface area contributed by atoms with E-state index in [9.17, 15) is 19.5 Å². The number of esters is 1. The minimum absolute atomic E-state index is 0.00797. The predicted molar refractivity (Wildman–Crippen MR) is 248 cm³/mol. The highest BCUT2D eigenvalue weighted by Crippen LogP contribution is 2.19. The fourth-order valence-electron chi connectivity index (χ4n) is 7.46. The Balaban J connectivity index is 4.24. The molecule has 0 aliphatic carbocycles. The average molecular weight is 815 g/mol. The second-order valence-electron chi connectivity index (χ2n) is 16.9. The molecular weight excluding hydrogens is 721 g/mol. The van der Waals surface area contributed by atoms with E-state index in [1.54, 1.807) is 0 Å². The normalized spacial score (nSPS) is 12.9. The number of nitrogens with two attached hydrogens (primary N) is 1. The van der Waals surface area contributed by atoms with Crippen LogP contribution in [0.25, 0.3) is 0 Å². The second-order valence-corrected chi connectivity index (χ2v) is 16.9. The lowest BCUT2D eigenvalue weighted by Crippen LogP contribution is -2.40. The molecule has 0 saturated carbocycles. The second kappa shape index (κ2) is 45.7. The van der Waals surface area contributed by atoms with E-state index in [1.807, 2.05) is 0 Å². The largest absolute Gasteiger partial charge is 0.480 e. The molecule has 0 aliphatic heterocycles. The van der Waals surface area contributed by atoms with Gasteiger partial charge < -0.3 is 20.9 Å². The Labute approximate surface area is 358 Å². The van der Waals surface area contributed by atoms with Gasteiger partial charge in [0.15, 0.2) is 0 Å². The van der Waals surface area contributed by atoms with E-state index >= 15 is 0 Å². The topological polar surface area (TPSA) is 119 Å². The molecule has 0 aromatic rings. The maximum atomic E-state index is 12.9.